The molecule has 0 saturated heterocycles. The van der Waals surface area contributed by atoms with Crippen molar-refractivity contribution in [2.75, 3.05) is 5.32 Å². The van der Waals surface area contributed by atoms with Gasteiger partial charge in [-0.1, -0.05) is 25.1 Å². The summed E-state index contributed by atoms with van der Waals surface area (Å²) in [4.78, 5) is 4.17. The molecule has 0 spiro atoms. The summed E-state index contributed by atoms with van der Waals surface area (Å²) in [6.07, 6.45) is 1.00. The number of nitriles is 1. The molecule has 0 radical (unpaired) electrons. The summed E-state index contributed by atoms with van der Waals surface area (Å²) in [5, 5.41) is 12.0. The summed E-state index contributed by atoms with van der Waals surface area (Å²) in [6, 6.07) is 15.5. The molecule has 1 aromatic carbocycles. The Morgan fingerprint density at radius 2 is 2.06 bits per heavy atom. The molecule has 3 heteroatoms. The van der Waals surface area contributed by atoms with Gasteiger partial charge in [0.05, 0.1) is 0 Å². The Morgan fingerprint density at radius 1 is 1.24 bits per heavy atom. The first-order chi connectivity index (χ1) is 8.31. The zero-order valence-electron chi connectivity index (χ0n) is 9.64. The second-order valence-corrected chi connectivity index (χ2v) is 3.70. The van der Waals surface area contributed by atoms with Crippen molar-refractivity contribution in [3.05, 3.63) is 53.7 Å². The van der Waals surface area contributed by atoms with Crippen LogP contribution in [0.2, 0.25) is 0 Å². The number of anilines is 2. The molecule has 3 nitrogen and oxygen atoms in total. The standard InChI is InChI=1S/C14H13N3/c1-2-11-5-3-6-12(9-11)16-14-8-4-7-13(10-15)17-14/h3-9H,2H2,1H3,(H,16,17). The molecule has 0 atom stereocenters. The first kappa shape index (κ1) is 11.2. The molecule has 2 aromatic rings. The molecule has 0 saturated carbocycles. The minimum atomic E-state index is 0.418. The van der Waals surface area contributed by atoms with Crippen molar-refractivity contribution in [3.63, 3.8) is 0 Å². The van der Waals surface area contributed by atoms with E-state index in [1.165, 1.54) is 5.56 Å². The smallest absolute Gasteiger partial charge is 0.142 e. The van der Waals surface area contributed by atoms with E-state index in [1.807, 2.05) is 30.3 Å². The Bertz CT molecular complexity index is 555. The summed E-state index contributed by atoms with van der Waals surface area (Å²) in [6.45, 7) is 2.12. The lowest BCUT2D eigenvalue weighted by Gasteiger charge is -2.06. The van der Waals surface area contributed by atoms with Crippen LogP contribution >= 0.6 is 0 Å². The monoisotopic (exact) mass is 223 g/mol. The van der Waals surface area contributed by atoms with E-state index < -0.39 is 0 Å². The maximum atomic E-state index is 8.77. The van der Waals surface area contributed by atoms with Crippen LogP contribution in [-0.2, 0) is 6.42 Å². The van der Waals surface area contributed by atoms with E-state index in [2.05, 4.69) is 29.4 Å². The molecule has 0 aliphatic rings. The zero-order valence-corrected chi connectivity index (χ0v) is 9.64. The van der Waals surface area contributed by atoms with Gasteiger partial charge in [0.2, 0.25) is 0 Å². The lowest BCUT2D eigenvalue weighted by molar-refractivity contribution is 1.14. The van der Waals surface area contributed by atoms with E-state index in [0.29, 0.717) is 11.5 Å². The Morgan fingerprint density at radius 3 is 2.82 bits per heavy atom. The third-order valence-corrected chi connectivity index (χ3v) is 2.47. The van der Waals surface area contributed by atoms with Crippen molar-refractivity contribution in [3.8, 4) is 6.07 Å². The van der Waals surface area contributed by atoms with Gasteiger partial charge in [-0.15, -0.1) is 0 Å². The van der Waals surface area contributed by atoms with E-state index in [1.54, 1.807) is 6.07 Å². The molecule has 0 fully saturated rings. The molecule has 0 aliphatic heterocycles. The second-order valence-electron chi connectivity index (χ2n) is 3.70. The van der Waals surface area contributed by atoms with Crippen LogP contribution in [0.3, 0.4) is 0 Å². The fraction of sp³-hybridized carbons (Fsp3) is 0.143. The Kier molecular flexibility index (Phi) is 3.37. The maximum absolute atomic E-state index is 8.77. The van der Waals surface area contributed by atoms with Crippen LogP contribution in [0, 0.1) is 11.3 Å². The number of hydrogen-bond donors (Lipinski definition) is 1. The second kappa shape index (κ2) is 5.13. The Balaban J connectivity index is 2.22. The SMILES string of the molecule is CCc1cccc(Nc2cccc(C#N)n2)c1. The molecular weight excluding hydrogens is 210 g/mol. The molecule has 0 aliphatic carbocycles. The van der Waals surface area contributed by atoms with E-state index in [0.717, 1.165) is 12.1 Å². The van der Waals surface area contributed by atoms with Crippen molar-refractivity contribution >= 4 is 11.5 Å². The highest BCUT2D eigenvalue weighted by molar-refractivity contribution is 5.57. The van der Waals surface area contributed by atoms with Gasteiger partial charge in [-0.2, -0.15) is 5.26 Å². The molecule has 2 rings (SSSR count). The fourth-order valence-corrected chi connectivity index (χ4v) is 1.58. The highest BCUT2D eigenvalue weighted by Crippen LogP contribution is 2.16. The molecule has 0 bridgehead atoms. The number of aromatic nitrogens is 1. The third kappa shape index (κ3) is 2.82. The first-order valence-corrected chi connectivity index (χ1v) is 5.55. The largest absolute Gasteiger partial charge is 0.340 e. The number of rotatable bonds is 3. The van der Waals surface area contributed by atoms with Crippen LogP contribution in [0.5, 0.6) is 0 Å². The van der Waals surface area contributed by atoms with Gasteiger partial charge in [-0.05, 0) is 36.2 Å². The number of nitrogens with one attached hydrogen (secondary N) is 1. The van der Waals surface area contributed by atoms with Gasteiger partial charge in [0.1, 0.15) is 17.6 Å². The van der Waals surface area contributed by atoms with Crippen molar-refractivity contribution < 1.29 is 0 Å². The van der Waals surface area contributed by atoms with Gasteiger partial charge in [-0.25, -0.2) is 4.98 Å². The van der Waals surface area contributed by atoms with Crippen molar-refractivity contribution in [2.24, 2.45) is 0 Å². The van der Waals surface area contributed by atoms with Gasteiger partial charge >= 0.3 is 0 Å². The highest BCUT2D eigenvalue weighted by atomic mass is 15.0. The third-order valence-electron chi connectivity index (χ3n) is 2.47. The molecule has 1 heterocycles. The molecular formula is C14H13N3. The number of nitrogens with zero attached hydrogens (tertiary/aromatic N) is 2. The lowest BCUT2D eigenvalue weighted by atomic mass is 10.1. The van der Waals surface area contributed by atoms with Crippen LogP contribution in [0.4, 0.5) is 11.5 Å². The summed E-state index contributed by atoms with van der Waals surface area (Å²) in [5.41, 5.74) is 2.68. The van der Waals surface area contributed by atoms with E-state index in [9.17, 15) is 0 Å². The van der Waals surface area contributed by atoms with Gasteiger partial charge in [0, 0.05) is 5.69 Å². The van der Waals surface area contributed by atoms with Crippen LogP contribution in [0.25, 0.3) is 0 Å². The summed E-state index contributed by atoms with van der Waals surface area (Å²) >= 11 is 0. The summed E-state index contributed by atoms with van der Waals surface area (Å²) < 4.78 is 0. The van der Waals surface area contributed by atoms with Crippen molar-refractivity contribution in [1.29, 1.82) is 5.26 Å². The normalized spacial score (nSPS) is 9.65. The van der Waals surface area contributed by atoms with E-state index >= 15 is 0 Å². The zero-order chi connectivity index (χ0) is 12.1. The van der Waals surface area contributed by atoms with Crippen molar-refractivity contribution in [1.82, 2.24) is 4.98 Å². The molecule has 1 aromatic heterocycles. The number of hydrogen-bond acceptors (Lipinski definition) is 3. The quantitative estimate of drug-likeness (QED) is 0.868. The van der Waals surface area contributed by atoms with Gasteiger partial charge in [0.15, 0.2) is 0 Å². The molecule has 1 N–H and O–H groups in total. The van der Waals surface area contributed by atoms with Gasteiger partial charge in [0.25, 0.3) is 0 Å². The molecule has 17 heavy (non-hydrogen) atoms. The van der Waals surface area contributed by atoms with Crippen LogP contribution < -0.4 is 5.32 Å². The summed E-state index contributed by atoms with van der Waals surface area (Å²) in [7, 11) is 0. The van der Waals surface area contributed by atoms with Crippen LogP contribution in [0.15, 0.2) is 42.5 Å². The molecule has 0 amide bonds. The maximum Gasteiger partial charge on any atom is 0.142 e. The van der Waals surface area contributed by atoms with Crippen LogP contribution in [-0.4, -0.2) is 4.98 Å². The average Bonchev–Trinajstić information content (AvgIpc) is 2.39. The predicted octanol–water partition coefficient (Wildman–Crippen LogP) is 3.26. The Hall–Kier alpha value is -2.34. The molecule has 84 valence electrons. The fourth-order valence-electron chi connectivity index (χ4n) is 1.58. The van der Waals surface area contributed by atoms with Crippen LogP contribution in [0.1, 0.15) is 18.2 Å². The number of aryl methyl sites for hydroxylation is 1. The highest BCUT2D eigenvalue weighted by Gasteiger charge is 1.98. The average molecular weight is 223 g/mol. The lowest BCUT2D eigenvalue weighted by Crippen LogP contribution is -1.95. The molecule has 0 unspecified atom stereocenters. The van der Waals surface area contributed by atoms with E-state index in [-0.39, 0.29) is 0 Å². The summed E-state index contributed by atoms with van der Waals surface area (Å²) in [5.74, 6) is 0.692. The first-order valence-electron chi connectivity index (χ1n) is 5.55. The Labute approximate surface area is 101 Å². The van der Waals surface area contributed by atoms with E-state index in [4.69, 9.17) is 5.26 Å². The minimum absolute atomic E-state index is 0.418. The topological polar surface area (TPSA) is 48.7 Å². The predicted molar refractivity (Wildman–Crippen MR) is 68.1 cm³/mol. The van der Waals surface area contributed by atoms with Gasteiger partial charge < -0.3 is 5.32 Å². The number of pyridine rings is 1. The van der Waals surface area contributed by atoms with Crippen molar-refractivity contribution in [2.45, 2.75) is 13.3 Å². The van der Waals surface area contributed by atoms with Gasteiger partial charge in [-0.3, -0.25) is 0 Å². The minimum Gasteiger partial charge on any atom is -0.340 e. The number of benzene rings is 1.